The van der Waals surface area contributed by atoms with Crippen molar-refractivity contribution in [3.05, 3.63) is 36.2 Å². The Morgan fingerprint density at radius 1 is 1.26 bits per heavy atom. The number of hydrogen-bond acceptors (Lipinski definition) is 3. The molecule has 0 N–H and O–H groups in total. The molecule has 0 aliphatic carbocycles. The smallest absolute Gasteiger partial charge is 0.254 e. The molecule has 1 amide bonds. The van der Waals surface area contributed by atoms with E-state index in [0.29, 0.717) is 18.0 Å². The lowest BCUT2D eigenvalue weighted by atomic mass is 10.1. The van der Waals surface area contributed by atoms with E-state index in [1.807, 2.05) is 19.9 Å². The van der Waals surface area contributed by atoms with Gasteiger partial charge >= 0.3 is 0 Å². The molecule has 1 heterocycles. The average molecular weight is 278 g/mol. The zero-order valence-electron chi connectivity index (χ0n) is 11.0. The van der Waals surface area contributed by atoms with Gasteiger partial charge in [0.25, 0.3) is 5.91 Å². The number of carbonyl (C=O) groups is 1. The summed E-state index contributed by atoms with van der Waals surface area (Å²) in [4.78, 5) is 22.6. The highest BCUT2D eigenvalue weighted by atomic mass is 35.5. The van der Waals surface area contributed by atoms with Gasteiger partial charge in [0.1, 0.15) is 0 Å². The van der Waals surface area contributed by atoms with E-state index in [9.17, 15) is 4.79 Å². The molecule has 1 aromatic heterocycles. The lowest BCUT2D eigenvalue weighted by Crippen LogP contribution is -2.38. The number of halogens is 1. The van der Waals surface area contributed by atoms with E-state index in [-0.39, 0.29) is 11.9 Å². The molecule has 19 heavy (non-hydrogen) atoms. The highest BCUT2D eigenvalue weighted by Gasteiger charge is 2.18. The van der Waals surface area contributed by atoms with Gasteiger partial charge < -0.3 is 4.90 Å². The summed E-state index contributed by atoms with van der Waals surface area (Å²) in [5, 5.41) is 0. The first-order chi connectivity index (χ1) is 9.13. The number of carbonyl (C=O) groups excluding carboxylic acids is 1. The van der Waals surface area contributed by atoms with Crippen molar-refractivity contribution in [2.75, 3.05) is 12.4 Å². The van der Waals surface area contributed by atoms with Gasteiger partial charge in [-0.15, -0.1) is 11.6 Å². The molecule has 2 rings (SSSR count). The molecule has 0 saturated heterocycles. The minimum atomic E-state index is -0.0248. The molecule has 0 aliphatic heterocycles. The van der Waals surface area contributed by atoms with Crippen molar-refractivity contribution in [1.29, 1.82) is 0 Å². The Hall–Kier alpha value is -1.68. The maximum Gasteiger partial charge on any atom is 0.254 e. The molecule has 0 radical (unpaired) electrons. The van der Waals surface area contributed by atoms with Crippen LogP contribution in [0, 0.1) is 0 Å². The maximum absolute atomic E-state index is 12.4. The number of amides is 1. The van der Waals surface area contributed by atoms with Gasteiger partial charge in [-0.25, -0.2) is 0 Å². The molecule has 0 spiro atoms. The van der Waals surface area contributed by atoms with Crippen molar-refractivity contribution < 1.29 is 4.79 Å². The average Bonchev–Trinajstić information content (AvgIpc) is 2.43. The van der Waals surface area contributed by atoms with Crippen LogP contribution in [0.2, 0.25) is 0 Å². The first kappa shape index (κ1) is 13.7. The van der Waals surface area contributed by atoms with E-state index < -0.39 is 0 Å². The fourth-order valence-corrected chi connectivity index (χ4v) is 2.13. The van der Waals surface area contributed by atoms with Crippen LogP contribution >= 0.6 is 11.6 Å². The topological polar surface area (TPSA) is 46.1 Å². The summed E-state index contributed by atoms with van der Waals surface area (Å²) in [6.07, 6.45) is 3.26. The van der Waals surface area contributed by atoms with Crippen molar-refractivity contribution in [2.24, 2.45) is 0 Å². The number of alkyl halides is 1. The summed E-state index contributed by atoms with van der Waals surface area (Å²) in [5.41, 5.74) is 2.13. The minimum Gasteiger partial charge on any atom is -0.335 e. The summed E-state index contributed by atoms with van der Waals surface area (Å²) in [6.45, 7) is 4.49. The van der Waals surface area contributed by atoms with Crippen molar-refractivity contribution in [3.8, 4) is 0 Å². The Bertz CT molecular complexity index is 586. The maximum atomic E-state index is 12.4. The lowest BCUT2D eigenvalue weighted by Gasteiger charge is -2.26. The molecule has 2 aromatic rings. The van der Waals surface area contributed by atoms with E-state index in [1.165, 1.54) is 0 Å². The zero-order valence-corrected chi connectivity index (χ0v) is 11.8. The molecule has 100 valence electrons. The van der Waals surface area contributed by atoms with Crippen LogP contribution in [0.4, 0.5) is 0 Å². The van der Waals surface area contributed by atoms with E-state index in [4.69, 9.17) is 11.6 Å². The van der Waals surface area contributed by atoms with Crippen LogP contribution in [-0.2, 0) is 0 Å². The van der Waals surface area contributed by atoms with Crippen molar-refractivity contribution in [1.82, 2.24) is 14.9 Å². The third-order valence-corrected chi connectivity index (χ3v) is 3.09. The molecule has 1 aromatic carbocycles. The van der Waals surface area contributed by atoms with Gasteiger partial charge in [0.2, 0.25) is 0 Å². The lowest BCUT2D eigenvalue weighted by molar-refractivity contribution is 0.0718. The van der Waals surface area contributed by atoms with Crippen LogP contribution in [0.1, 0.15) is 24.2 Å². The number of fused-ring (bicyclic) bond motifs is 1. The van der Waals surface area contributed by atoms with Gasteiger partial charge in [-0.1, -0.05) is 0 Å². The first-order valence-electron chi connectivity index (χ1n) is 6.21. The second-order valence-corrected chi connectivity index (χ2v) is 4.92. The number of nitrogens with zero attached hydrogens (tertiary/aromatic N) is 3. The molecule has 0 aliphatic rings. The standard InChI is InChI=1S/C14H16ClN3O/c1-10(2)18(8-5-15)14(19)11-3-4-12-13(9-11)17-7-6-16-12/h3-4,6-7,9-10H,5,8H2,1-2H3. The van der Waals surface area contributed by atoms with Crippen LogP contribution in [0.5, 0.6) is 0 Å². The molecule has 0 bridgehead atoms. The predicted molar refractivity (Wildman–Crippen MR) is 76.4 cm³/mol. The van der Waals surface area contributed by atoms with E-state index in [2.05, 4.69) is 9.97 Å². The number of hydrogen-bond donors (Lipinski definition) is 0. The Morgan fingerprint density at radius 3 is 2.58 bits per heavy atom. The number of rotatable bonds is 4. The fraction of sp³-hybridized carbons (Fsp3) is 0.357. The van der Waals surface area contributed by atoms with Crippen LogP contribution in [0.3, 0.4) is 0 Å². The summed E-state index contributed by atoms with van der Waals surface area (Å²) in [7, 11) is 0. The van der Waals surface area contributed by atoms with Crippen LogP contribution in [0.25, 0.3) is 11.0 Å². The van der Waals surface area contributed by atoms with E-state index in [0.717, 1.165) is 11.0 Å². The number of aromatic nitrogens is 2. The minimum absolute atomic E-state index is 0.0248. The van der Waals surface area contributed by atoms with Gasteiger partial charge in [0.15, 0.2) is 0 Å². The second kappa shape index (κ2) is 5.97. The highest BCUT2D eigenvalue weighted by molar-refractivity contribution is 6.18. The molecule has 5 heteroatoms. The Morgan fingerprint density at radius 2 is 1.95 bits per heavy atom. The predicted octanol–water partition coefficient (Wildman–Crippen LogP) is 2.72. The van der Waals surface area contributed by atoms with Crippen molar-refractivity contribution >= 4 is 28.5 Å². The fourth-order valence-electron chi connectivity index (χ4n) is 1.95. The summed E-state index contributed by atoms with van der Waals surface area (Å²) >= 11 is 5.75. The van der Waals surface area contributed by atoms with Gasteiger partial charge in [0, 0.05) is 36.4 Å². The molecule has 4 nitrogen and oxygen atoms in total. The third-order valence-electron chi connectivity index (χ3n) is 2.93. The molecule has 0 unspecified atom stereocenters. The van der Waals surface area contributed by atoms with Gasteiger partial charge in [-0.05, 0) is 32.0 Å². The zero-order chi connectivity index (χ0) is 13.8. The Balaban J connectivity index is 2.34. The molecule has 0 saturated carbocycles. The molecular formula is C14H16ClN3O. The molecule has 0 fully saturated rings. The van der Waals surface area contributed by atoms with E-state index in [1.54, 1.807) is 29.4 Å². The largest absolute Gasteiger partial charge is 0.335 e. The van der Waals surface area contributed by atoms with Crippen LogP contribution < -0.4 is 0 Å². The number of benzene rings is 1. The van der Waals surface area contributed by atoms with Crippen molar-refractivity contribution in [3.63, 3.8) is 0 Å². The van der Waals surface area contributed by atoms with Crippen LogP contribution in [0.15, 0.2) is 30.6 Å². The molecule has 0 atom stereocenters. The SMILES string of the molecule is CC(C)N(CCCl)C(=O)c1ccc2nccnc2c1. The van der Waals surface area contributed by atoms with Gasteiger partial charge in [0.05, 0.1) is 11.0 Å². The highest BCUT2D eigenvalue weighted by Crippen LogP contribution is 2.14. The van der Waals surface area contributed by atoms with Crippen LogP contribution in [-0.4, -0.2) is 39.2 Å². The quantitative estimate of drug-likeness (QED) is 0.807. The second-order valence-electron chi connectivity index (χ2n) is 4.54. The monoisotopic (exact) mass is 277 g/mol. The molecular weight excluding hydrogens is 262 g/mol. The summed E-state index contributed by atoms with van der Waals surface area (Å²) < 4.78 is 0. The third kappa shape index (κ3) is 3.01. The summed E-state index contributed by atoms with van der Waals surface area (Å²) in [5.74, 6) is 0.403. The van der Waals surface area contributed by atoms with Gasteiger partial charge in [-0.3, -0.25) is 14.8 Å². The van der Waals surface area contributed by atoms with E-state index >= 15 is 0 Å². The Kier molecular flexibility index (Phi) is 4.32. The first-order valence-corrected chi connectivity index (χ1v) is 6.74. The summed E-state index contributed by atoms with van der Waals surface area (Å²) in [6, 6.07) is 5.48. The van der Waals surface area contributed by atoms with Gasteiger partial charge in [-0.2, -0.15) is 0 Å². The Labute approximate surface area is 117 Å². The normalized spacial score (nSPS) is 10.9. The van der Waals surface area contributed by atoms with Crippen molar-refractivity contribution in [2.45, 2.75) is 19.9 Å².